The zero-order chi connectivity index (χ0) is 31.1. The molecule has 230 valence electrons. The number of ether oxygens (including phenoxy) is 1. The van der Waals surface area contributed by atoms with Crippen molar-refractivity contribution in [2.24, 2.45) is 0 Å². The predicted molar refractivity (Wildman–Crippen MR) is 166 cm³/mol. The van der Waals surface area contributed by atoms with Crippen LogP contribution in [0.2, 0.25) is 18.1 Å². The fraction of sp³-hybridized carbons (Fsp3) is 0.677. The normalized spacial score (nSPS) is 20.4. The van der Waals surface area contributed by atoms with Gasteiger partial charge in [-0.15, -0.1) is 0 Å². The molecule has 3 atom stereocenters. The summed E-state index contributed by atoms with van der Waals surface area (Å²) in [6.45, 7) is 25.1. The molecule has 1 aromatic carbocycles. The maximum absolute atomic E-state index is 13.7. The van der Waals surface area contributed by atoms with Gasteiger partial charge in [0.05, 0.1) is 12.2 Å². The Bertz CT molecular complexity index is 1360. The average molecular weight is 607 g/mol. The van der Waals surface area contributed by atoms with Gasteiger partial charge in [-0.2, -0.15) is 13.4 Å². The van der Waals surface area contributed by atoms with Crippen LogP contribution in [0, 0.1) is 0 Å². The van der Waals surface area contributed by atoms with Crippen molar-refractivity contribution >= 4 is 18.4 Å². The van der Waals surface area contributed by atoms with E-state index in [1.54, 1.807) is 0 Å². The Morgan fingerprint density at radius 1 is 1.05 bits per heavy atom. The van der Waals surface area contributed by atoms with Gasteiger partial charge in [0.2, 0.25) is 5.88 Å². The number of rotatable bonds is 10. The molecule has 8 nitrogen and oxygen atoms in total. The summed E-state index contributed by atoms with van der Waals surface area (Å²) in [7, 11) is -6.31. The lowest BCUT2D eigenvalue weighted by atomic mass is 9.89. The third-order valence-corrected chi connectivity index (χ3v) is 14.3. The zero-order valence-electron chi connectivity index (χ0n) is 26.9. The summed E-state index contributed by atoms with van der Waals surface area (Å²) in [4.78, 5) is 17.3. The summed E-state index contributed by atoms with van der Waals surface area (Å²) < 4.78 is 47.2. The largest absolute Gasteiger partial charge is 0.411 e. The van der Waals surface area contributed by atoms with E-state index >= 15 is 0 Å². The van der Waals surface area contributed by atoms with Crippen LogP contribution >= 0.6 is 0 Å². The van der Waals surface area contributed by atoms with E-state index in [0.717, 1.165) is 12.0 Å². The first-order chi connectivity index (χ1) is 18.8. The van der Waals surface area contributed by atoms with Crippen LogP contribution in [0.4, 0.5) is 0 Å². The molecule has 0 amide bonds. The Balaban J connectivity index is 1.92. The van der Waals surface area contributed by atoms with Gasteiger partial charge in [0.1, 0.15) is 11.1 Å². The van der Waals surface area contributed by atoms with E-state index in [1.165, 1.54) is 16.8 Å². The maximum Gasteiger partial charge on any atom is 0.353 e. The highest BCUT2D eigenvalue weighted by Gasteiger charge is 2.44. The molecule has 2 heterocycles. The van der Waals surface area contributed by atoms with Gasteiger partial charge in [0, 0.05) is 18.7 Å². The fourth-order valence-corrected chi connectivity index (χ4v) is 7.83. The third kappa shape index (κ3) is 7.32. The lowest BCUT2D eigenvalue weighted by molar-refractivity contribution is -0.0197. The molecule has 0 saturated carbocycles. The SMILES string of the molecule is CC[C@H]1O[C@@H](n2ccc(OS(=O)(=O)c3c(C(C)C)cc(C(C)C)cc3C(C)C)nc2=O)C[C@H]1O[Si](C)(C)C(C)(C)C. The summed E-state index contributed by atoms with van der Waals surface area (Å²) in [6, 6.07) is 5.32. The van der Waals surface area contributed by atoms with Crippen molar-refractivity contribution in [3.8, 4) is 5.88 Å². The minimum Gasteiger partial charge on any atom is -0.411 e. The van der Waals surface area contributed by atoms with Gasteiger partial charge >= 0.3 is 15.8 Å². The second kappa shape index (κ2) is 12.3. The van der Waals surface area contributed by atoms with E-state index in [4.69, 9.17) is 13.3 Å². The maximum atomic E-state index is 13.7. The molecule has 2 aromatic rings. The fourth-order valence-electron chi connectivity index (χ4n) is 4.91. The molecule has 41 heavy (non-hydrogen) atoms. The monoisotopic (exact) mass is 606 g/mol. The van der Waals surface area contributed by atoms with Crippen molar-refractivity contribution < 1.29 is 21.8 Å². The van der Waals surface area contributed by atoms with E-state index in [2.05, 4.69) is 52.7 Å². The molecule has 0 spiro atoms. The Kier molecular flexibility index (Phi) is 10.1. The number of aromatic nitrogens is 2. The summed E-state index contributed by atoms with van der Waals surface area (Å²) in [6.07, 6.45) is 1.94. The second-order valence-corrected chi connectivity index (χ2v) is 19.9. The molecule has 3 rings (SSSR count). The number of nitrogens with zero attached hydrogens (tertiary/aromatic N) is 2. The van der Waals surface area contributed by atoms with E-state index in [0.29, 0.717) is 17.5 Å². The Hall–Kier alpha value is -2.01. The number of benzene rings is 1. The van der Waals surface area contributed by atoms with Gasteiger partial charge in [-0.3, -0.25) is 4.57 Å². The highest BCUT2D eigenvalue weighted by atomic mass is 32.2. The van der Waals surface area contributed by atoms with Gasteiger partial charge in [-0.05, 0) is 59.0 Å². The topological polar surface area (TPSA) is 96.7 Å². The zero-order valence-corrected chi connectivity index (χ0v) is 28.8. The van der Waals surface area contributed by atoms with E-state index in [9.17, 15) is 13.2 Å². The van der Waals surface area contributed by atoms with Crippen molar-refractivity contribution in [1.29, 1.82) is 0 Å². The predicted octanol–water partition coefficient (Wildman–Crippen LogP) is 7.47. The highest BCUT2D eigenvalue weighted by molar-refractivity contribution is 7.87. The molecule has 0 aliphatic carbocycles. The minimum atomic E-state index is -4.27. The van der Waals surface area contributed by atoms with E-state index in [-0.39, 0.29) is 45.8 Å². The molecule has 10 heteroatoms. The first-order valence-electron chi connectivity index (χ1n) is 14.8. The first kappa shape index (κ1) is 33.5. The van der Waals surface area contributed by atoms with E-state index < -0.39 is 30.4 Å². The molecule has 1 aromatic heterocycles. The van der Waals surface area contributed by atoms with Gasteiger partial charge in [-0.25, -0.2) is 4.79 Å². The standard InChI is InChI=1S/C31H50N2O6SSi/c1-13-25-26(39-41(11,12)31(8,9)10)18-28(37-25)33-15-14-27(32-30(33)34)38-40(35,36)29-23(20(4)5)16-22(19(2)3)17-24(29)21(6)7/h14-17,19-21,25-26,28H,13,18H2,1-12H3/t25-,26-,28-/m1/s1. The molecule has 1 saturated heterocycles. The molecule has 1 aliphatic heterocycles. The van der Waals surface area contributed by atoms with Crippen LogP contribution in [-0.4, -0.2) is 38.5 Å². The Labute approximate surface area is 248 Å². The van der Waals surface area contributed by atoms with Gasteiger partial charge < -0.3 is 13.3 Å². The van der Waals surface area contributed by atoms with Gasteiger partial charge in [-0.1, -0.05) is 81.4 Å². The molecule has 1 aliphatic rings. The van der Waals surface area contributed by atoms with Crippen LogP contribution in [0.3, 0.4) is 0 Å². The molecule has 0 unspecified atom stereocenters. The molecule has 0 bridgehead atoms. The summed E-state index contributed by atoms with van der Waals surface area (Å²) >= 11 is 0. The number of hydrogen-bond donors (Lipinski definition) is 0. The van der Waals surface area contributed by atoms with Gasteiger partial charge in [0.25, 0.3) is 0 Å². The first-order valence-corrected chi connectivity index (χ1v) is 19.1. The van der Waals surface area contributed by atoms with Crippen LogP contribution in [-0.2, 0) is 19.3 Å². The van der Waals surface area contributed by atoms with Crippen LogP contribution in [0.15, 0.2) is 34.1 Å². The molecule has 0 N–H and O–H groups in total. The highest BCUT2D eigenvalue weighted by Crippen LogP contribution is 2.41. The van der Waals surface area contributed by atoms with E-state index in [1.807, 2.05) is 46.8 Å². The number of hydrogen-bond acceptors (Lipinski definition) is 7. The lowest BCUT2D eigenvalue weighted by Crippen LogP contribution is -2.45. The van der Waals surface area contributed by atoms with Crippen molar-refractivity contribution in [1.82, 2.24) is 9.55 Å². The van der Waals surface area contributed by atoms with Crippen LogP contribution in [0.5, 0.6) is 5.88 Å². The van der Waals surface area contributed by atoms with Crippen LogP contribution in [0.1, 0.15) is 123 Å². The Morgan fingerprint density at radius 2 is 1.61 bits per heavy atom. The summed E-state index contributed by atoms with van der Waals surface area (Å²) in [5.74, 6) is -0.113. The smallest absolute Gasteiger partial charge is 0.353 e. The minimum absolute atomic E-state index is 0.0478. The quantitative estimate of drug-likeness (QED) is 0.204. The summed E-state index contributed by atoms with van der Waals surface area (Å²) in [5.41, 5.74) is 1.85. The third-order valence-electron chi connectivity index (χ3n) is 8.47. The van der Waals surface area contributed by atoms with Gasteiger partial charge in [0.15, 0.2) is 8.32 Å². The molecular formula is C31H50N2O6SSi. The van der Waals surface area contributed by atoms with Crippen LogP contribution in [0.25, 0.3) is 0 Å². The van der Waals surface area contributed by atoms with Crippen LogP contribution < -0.4 is 9.87 Å². The second-order valence-electron chi connectivity index (χ2n) is 13.7. The van der Waals surface area contributed by atoms with Crippen molar-refractivity contribution in [2.45, 2.75) is 141 Å². The average Bonchev–Trinajstić information content (AvgIpc) is 3.23. The summed E-state index contributed by atoms with van der Waals surface area (Å²) in [5, 5.41) is 0.0478. The molecule has 1 fully saturated rings. The lowest BCUT2D eigenvalue weighted by Gasteiger charge is -2.39. The van der Waals surface area contributed by atoms with Crippen molar-refractivity contribution in [2.75, 3.05) is 0 Å². The Morgan fingerprint density at radius 3 is 2.05 bits per heavy atom. The molecular weight excluding hydrogens is 557 g/mol. The molecule has 0 radical (unpaired) electrons. The van der Waals surface area contributed by atoms with Crippen molar-refractivity contribution in [3.63, 3.8) is 0 Å². The van der Waals surface area contributed by atoms with Crippen molar-refractivity contribution in [3.05, 3.63) is 51.6 Å².